The maximum atomic E-state index is 11.2. The Bertz CT molecular complexity index is 896. The van der Waals surface area contributed by atoms with E-state index in [-0.39, 0.29) is 18.9 Å². The van der Waals surface area contributed by atoms with Crippen molar-refractivity contribution < 1.29 is 33.5 Å². The van der Waals surface area contributed by atoms with Gasteiger partial charge in [0.15, 0.2) is 6.73 Å². The molecule has 9 nitrogen and oxygen atoms in total. The SMILES string of the molecule is Cc1ncc(COP(=O)(O)O)c2c1OCN(c1cccc(C(=O)O)c1)C2. The van der Waals surface area contributed by atoms with Crippen LogP contribution >= 0.6 is 7.82 Å². The standard InChI is InChI=1S/C16H17N2O7P/c1-10-15-14(12(6-17-10)8-25-26(21,22)23)7-18(9-24-15)13-4-2-3-11(5-13)16(19)20/h2-6H,7-9H2,1H3,(H,19,20)(H2,21,22,23). The molecule has 0 saturated carbocycles. The number of carbonyl (C=O) groups is 1. The Morgan fingerprint density at radius 1 is 1.42 bits per heavy atom. The fourth-order valence-corrected chi connectivity index (χ4v) is 3.01. The third kappa shape index (κ3) is 4.03. The van der Waals surface area contributed by atoms with Gasteiger partial charge < -0.3 is 24.5 Å². The van der Waals surface area contributed by atoms with Crippen LogP contribution in [0.25, 0.3) is 0 Å². The molecule has 1 aliphatic rings. The molecule has 0 fully saturated rings. The Balaban J connectivity index is 1.91. The number of fused-ring (bicyclic) bond motifs is 1. The molecule has 2 heterocycles. The summed E-state index contributed by atoms with van der Waals surface area (Å²) in [7, 11) is -4.62. The van der Waals surface area contributed by atoms with Crippen LogP contribution in [0.15, 0.2) is 30.5 Å². The number of carboxylic acids is 1. The highest BCUT2D eigenvalue weighted by atomic mass is 31.2. The van der Waals surface area contributed by atoms with Crippen LogP contribution in [0, 0.1) is 6.92 Å². The molecule has 10 heteroatoms. The van der Waals surface area contributed by atoms with Gasteiger partial charge in [-0.1, -0.05) is 6.07 Å². The highest BCUT2D eigenvalue weighted by Crippen LogP contribution is 2.39. The number of carboxylic acid groups (broad SMARTS) is 1. The second-order valence-electron chi connectivity index (χ2n) is 5.77. The molecule has 0 amide bonds. The second-order valence-corrected chi connectivity index (χ2v) is 7.01. The lowest BCUT2D eigenvalue weighted by molar-refractivity contribution is 0.0696. The van der Waals surface area contributed by atoms with Crippen molar-refractivity contribution in [3.05, 3.63) is 52.8 Å². The molecule has 138 valence electrons. The predicted octanol–water partition coefficient (Wildman–Crippen LogP) is 2.05. The third-order valence-electron chi connectivity index (χ3n) is 3.96. The summed E-state index contributed by atoms with van der Waals surface area (Å²) in [6.07, 6.45) is 1.49. The Morgan fingerprint density at radius 2 is 2.19 bits per heavy atom. The third-order valence-corrected chi connectivity index (χ3v) is 4.43. The van der Waals surface area contributed by atoms with E-state index >= 15 is 0 Å². The van der Waals surface area contributed by atoms with Crippen LogP contribution in [0.2, 0.25) is 0 Å². The number of aryl methyl sites for hydroxylation is 1. The quantitative estimate of drug-likeness (QED) is 0.667. The number of pyridine rings is 1. The summed E-state index contributed by atoms with van der Waals surface area (Å²) in [4.78, 5) is 35.0. The molecule has 0 atom stereocenters. The highest BCUT2D eigenvalue weighted by Gasteiger charge is 2.25. The van der Waals surface area contributed by atoms with E-state index in [4.69, 9.17) is 19.6 Å². The Hall–Kier alpha value is -2.45. The van der Waals surface area contributed by atoms with Crippen LogP contribution in [-0.2, 0) is 22.2 Å². The van der Waals surface area contributed by atoms with Gasteiger partial charge in [-0.3, -0.25) is 9.51 Å². The molecule has 0 bridgehead atoms. The van der Waals surface area contributed by atoms with Gasteiger partial charge in [0.1, 0.15) is 5.75 Å². The summed E-state index contributed by atoms with van der Waals surface area (Å²) >= 11 is 0. The molecule has 26 heavy (non-hydrogen) atoms. The lowest BCUT2D eigenvalue weighted by atomic mass is 10.1. The zero-order chi connectivity index (χ0) is 18.9. The van der Waals surface area contributed by atoms with Crippen LogP contribution in [0.5, 0.6) is 5.75 Å². The summed E-state index contributed by atoms with van der Waals surface area (Å²) in [5, 5.41) is 9.14. The number of aromatic nitrogens is 1. The molecule has 0 radical (unpaired) electrons. The number of hydrogen-bond acceptors (Lipinski definition) is 6. The van der Waals surface area contributed by atoms with E-state index in [0.717, 1.165) is 0 Å². The predicted molar refractivity (Wildman–Crippen MR) is 90.9 cm³/mol. The molecular formula is C16H17N2O7P. The fraction of sp³-hybridized carbons (Fsp3) is 0.250. The number of benzene rings is 1. The van der Waals surface area contributed by atoms with E-state index in [1.165, 1.54) is 18.3 Å². The van der Waals surface area contributed by atoms with Crippen LogP contribution in [0.1, 0.15) is 27.2 Å². The van der Waals surface area contributed by atoms with Crippen LogP contribution in [0.3, 0.4) is 0 Å². The number of hydrogen-bond donors (Lipinski definition) is 3. The number of phosphoric acid groups is 1. The van der Waals surface area contributed by atoms with Gasteiger partial charge in [0.05, 0.1) is 24.4 Å². The van der Waals surface area contributed by atoms with Gasteiger partial charge in [0.2, 0.25) is 0 Å². The molecule has 1 aliphatic heterocycles. The summed E-state index contributed by atoms with van der Waals surface area (Å²) in [5.41, 5.74) is 2.65. The normalized spacial score (nSPS) is 13.9. The summed E-state index contributed by atoms with van der Waals surface area (Å²) in [5.74, 6) is -0.483. The number of phosphoric ester groups is 1. The zero-order valence-corrected chi connectivity index (χ0v) is 14.7. The van der Waals surface area contributed by atoms with Gasteiger partial charge >= 0.3 is 13.8 Å². The molecule has 1 aromatic carbocycles. The first-order valence-corrected chi connectivity index (χ1v) is 9.16. The Kier molecular flexibility index (Phi) is 4.97. The van der Waals surface area contributed by atoms with Gasteiger partial charge in [0.25, 0.3) is 0 Å². The number of ether oxygens (including phenoxy) is 1. The highest BCUT2D eigenvalue weighted by molar-refractivity contribution is 7.46. The van der Waals surface area contributed by atoms with E-state index < -0.39 is 13.8 Å². The van der Waals surface area contributed by atoms with E-state index in [1.807, 2.05) is 4.90 Å². The van der Waals surface area contributed by atoms with Gasteiger partial charge in [-0.15, -0.1) is 0 Å². The van der Waals surface area contributed by atoms with Gasteiger partial charge in [0, 0.05) is 23.0 Å². The first-order valence-electron chi connectivity index (χ1n) is 7.63. The van der Waals surface area contributed by atoms with Crippen molar-refractivity contribution in [1.82, 2.24) is 4.98 Å². The molecule has 2 aromatic rings. The Morgan fingerprint density at radius 3 is 2.88 bits per heavy atom. The average Bonchev–Trinajstić information content (AvgIpc) is 2.60. The smallest absolute Gasteiger partial charge is 0.469 e. The molecule has 0 aliphatic carbocycles. The van der Waals surface area contributed by atoms with E-state index in [1.54, 1.807) is 19.1 Å². The molecular weight excluding hydrogens is 363 g/mol. The first-order chi connectivity index (χ1) is 12.2. The van der Waals surface area contributed by atoms with Crippen molar-refractivity contribution in [2.24, 2.45) is 0 Å². The molecule has 0 unspecified atom stereocenters. The van der Waals surface area contributed by atoms with E-state index in [2.05, 4.69) is 9.51 Å². The van der Waals surface area contributed by atoms with Gasteiger partial charge in [-0.2, -0.15) is 0 Å². The average molecular weight is 380 g/mol. The van der Waals surface area contributed by atoms with Gasteiger partial charge in [-0.25, -0.2) is 9.36 Å². The lowest BCUT2D eigenvalue weighted by Crippen LogP contribution is -2.33. The summed E-state index contributed by atoms with van der Waals surface area (Å²) in [6.45, 7) is 2.02. The van der Waals surface area contributed by atoms with Crippen LogP contribution in [0.4, 0.5) is 5.69 Å². The molecule has 3 rings (SSSR count). The molecule has 1 aromatic heterocycles. The number of aromatic carboxylic acids is 1. The molecule has 0 spiro atoms. The Labute approximate surface area is 149 Å². The molecule has 3 N–H and O–H groups in total. The minimum Gasteiger partial charge on any atom is -0.478 e. The number of anilines is 1. The maximum absolute atomic E-state index is 11.2. The zero-order valence-electron chi connectivity index (χ0n) is 13.8. The monoisotopic (exact) mass is 380 g/mol. The van der Waals surface area contributed by atoms with E-state index in [0.29, 0.717) is 34.8 Å². The maximum Gasteiger partial charge on any atom is 0.469 e. The minimum atomic E-state index is -4.62. The lowest BCUT2D eigenvalue weighted by Gasteiger charge is -2.32. The van der Waals surface area contributed by atoms with Crippen molar-refractivity contribution in [2.75, 3.05) is 11.6 Å². The summed E-state index contributed by atoms with van der Waals surface area (Å²) < 4.78 is 21.3. The van der Waals surface area contributed by atoms with E-state index in [9.17, 15) is 9.36 Å². The summed E-state index contributed by atoms with van der Waals surface area (Å²) in [6, 6.07) is 6.44. The minimum absolute atomic E-state index is 0.157. The van der Waals surface area contributed by atoms with Crippen molar-refractivity contribution in [3.8, 4) is 5.75 Å². The fourth-order valence-electron chi connectivity index (χ4n) is 2.70. The molecule has 0 saturated heterocycles. The van der Waals surface area contributed by atoms with Crippen molar-refractivity contribution in [3.63, 3.8) is 0 Å². The van der Waals surface area contributed by atoms with Crippen molar-refractivity contribution >= 4 is 19.5 Å². The van der Waals surface area contributed by atoms with Gasteiger partial charge in [-0.05, 0) is 25.1 Å². The number of rotatable bonds is 5. The second kappa shape index (κ2) is 7.05. The van der Waals surface area contributed by atoms with Crippen LogP contribution in [-0.4, -0.2) is 32.6 Å². The first kappa shape index (κ1) is 18.3. The van der Waals surface area contributed by atoms with Crippen LogP contribution < -0.4 is 9.64 Å². The number of nitrogens with zero attached hydrogens (tertiary/aromatic N) is 2. The topological polar surface area (TPSA) is 129 Å². The van der Waals surface area contributed by atoms with Crippen molar-refractivity contribution in [2.45, 2.75) is 20.1 Å². The largest absolute Gasteiger partial charge is 0.478 e. The van der Waals surface area contributed by atoms with Crippen molar-refractivity contribution in [1.29, 1.82) is 0 Å².